The van der Waals surface area contributed by atoms with Gasteiger partial charge in [0.05, 0.1) is 10.5 Å². The van der Waals surface area contributed by atoms with Crippen molar-refractivity contribution in [2.45, 2.75) is 13.8 Å². The molecule has 2 heterocycles. The summed E-state index contributed by atoms with van der Waals surface area (Å²) in [5, 5.41) is 14.5. The minimum atomic E-state index is -1.11. The molecule has 10 heteroatoms. The first kappa shape index (κ1) is 23.1. The van der Waals surface area contributed by atoms with Crippen molar-refractivity contribution in [2.75, 3.05) is 23.7 Å². The number of aromatic amines is 1. The molecule has 4 aromatic rings. The number of hydrogen-bond donors (Lipinski definition) is 4. The Kier molecular flexibility index (Phi) is 6.65. The standard InChI is InChI=1S/C24H23ClN6O3/c1-3-31(4-2)23(32)27-17-9-10-19(25)18(12-17)21-29-20-11-15(13-26-22(20)30-21)14-5-7-16(8-6-14)28-24(33)34/h5-13,28H,3-4H2,1-2H3,(H,27,32)(H,33,34)(H,26,29,30). The molecule has 3 amide bonds. The summed E-state index contributed by atoms with van der Waals surface area (Å²) in [6, 6.07) is 14.0. The number of amides is 3. The van der Waals surface area contributed by atoms with Crippen LogP contribution in [-0.2, 0) is 0 Å². The van der Waals surface area contributed by atoms with E-state index >= 15 is 0 Å². The molecular formula is C24H23ClN6O3. The van der Waals surface area contributed by atoms with Gasteiger partial charge in [0.15, 0.2) is 5.65 Å². The third-order valence-electron chi connectivity index (χ3n) is 5.33. The number of benzene rings is 2. The van der Waals surface area contributed by atoms with Crippen LogP contribution in [0.3, 0.4) is 0 Å². The number of urea groups is 1. The van der Waals surface area contributed by atoms with E-state index < -0.39 is 6.09 Å². The fourth-order valence-corrected chi connectivity index (χ4v) is 3.76. The predicted octanol–water partition coefficient (Wildman–Crippen LogP) is 5.91. The molecule has 4 N–H and O–H groups in total. The molecule has 4 rings (SSSR count). The number of nitrogens with one attached hydrogen (secondary N) is 3. The third-order valence-corrected chi connectivity index (χ3v) is 5.66. The molecule has 0 bridgehead atoms. The van der Waals surface area contributed by atoms with E-state index in [1.54, 1.807) is 41.4 Å². The lowest BCUT2D eigenvalue weighted by Crippen LogP contribution is -2.34. The number of H-pyrrole nitrogens is 1. The lowest BCUT2D eigenvalue weighted by atomic mass is 10.1. The fraction of sp³-hybridized carbons (Fsp3) is 0.167. The number of fused-ring (bicyclic) bond motifs is 1. The lowest BCUT2D eigenvalue weighted by Gasteiger charge is -2.19. The zero-order chi connectivity index (χ0) is 24.2. The van der Waals surface area contributed by atoms with E-state index in [4.69, 9.17) is 16.7 Å². The summed E-state index contributed by atoms with van der Waals surface area (Å²) >= 11 is 6.44. The summed E-state index contributed by atoms with van der Waals surface area (Å²) < 4.78 is 0. The van der Waals surface area contributed by atoms with Gasteiger partial charge in [-0.25, -0.2) is 19.6 Å². The molecule has 174 valence electrons. The number of anilines is 2. The minimum absolute atomic E-state index is 0.182. The number of nitrogens with zero attached hydrogens (tertiary/aromatic N) is 3. The number of carboxylic acid groups (broad SMARTS) is 1. The highest BCUT2D eigenvalue weighted by Gasteiger charge is 2.14. The molecule has 0 saturated heterocycles. The Labute approximate surface area is 200 Å². The average molecular weight is 479 g/mol. The number of hydrogen-bond acceptors (Lipinski definition) is 4. The van der Waals surface area contributed by atoms with Crippen LogP contribution in [0.5, 0.6) is 0 Å². The normalized spacial score (nSPS) is 10.8. The van der Waals surface area contributed by atoms with Gasteiger partial charge in [0.2, 0.25) is 0 Å². The highest BCUT2D eigenvalue weighted by molar-refractivity contribution is 6.33. The van der Waals surface area contributed by atoms with Gasteiger partial charge in [-0.3, -0.25) is 5.32 Å². The summed E-state index contributed by atoms with van der Waals surface area (Å²) in [7, 11) is 0. The molecule has 34 heavy (non-hydrogen) atoms. The first-order valence-corrected chi connectivity index (χ1v) is 11.1. The number of imidazole rings is 1. The molecule has 0 unspecified atom stereocenters. The van der Waals surface area contributed by atoms with Crippen LogP contribution in [0, 0.1) is 0 Å². The van der Waals surface area contributed by atoms with Crippen molar-refractivity contribution in [1.29, 1.82) is 0 Å². The van der Waals surface area contributed by atoms with Crippen molar-refractivity contribution in [1.82, 2.24) is 19.9 Å². The average Bonchev–Trinajstić information content (AvgIpc) is 3.24. The van der Waals surface area contributed by atoms with Crippen LogP contribution in [0.1, 0.15) is 13.8 Å². The SMILES string of the molecule is CCN(CC)C(=O)Nc1ccc(Cl)c(-c2nc3ncc(-c4ccc(NC(=O)O)cc4)cc3[nH]2)c1. The number of carbonyl (C=O) groups excluding carboxylic acids is 1. The zero-order valence-corrected chi connectivity index (χ0v) is 19.3. The first-order valence-electron chi connectivity index (χ1n) is 10.7. The van der Waals surface area contributed by atoms with E-state index in [0.29, 0.717) is 52.0 Å². The van der Waals surface area contributed by atoms with Crippen LogP contribution in [0.25, 0.3) is 33.7 Å². The Hall–Kier alpha value is -4.11. The monoisotopic (exact) mass is 478 g/mol. The number of aromatic nitrogens is 3. The van der Waals surface area contributed by atoms with Gasteiger partial charge in [-0.1, -0.05) is 23.7 Å². The molecule has 2 aromatic heterocycles. The molecule has 0 spiro atoms. The highest BCUT2D eigenvalue weighted by Crippen LogP contribution is 2.31. The molecule has 0 atom stereocenters. The number of pyridine rings is 1. The van der Waals surface area contributed by atoms with Crippen molar-refractivity contribution in [3.63, 3.8) is 0 Å². The minimum Gasteiger partial charge on any atom is -0.465 e. The molecule has 9 nitrogen and oxygen atoms in total. The largest absolute Gasteiger partial charge is 0.465 e. The Morgan fingerprint density at radius 2 is 1.71 bits per heavy atom. The van der Waals surface area contributed by atoms with Crippen molar-refractivity contribution < 1.29 is 14.7 Å². The second-order valence-corrected chi connectivity index (χ2v) is 7.89. The Bertz CT molecular complexity index is 1350. The molecule has 0 saturated carbocycles. The molecule has 2 aromatic carbocycles. The third kappa shape index (κ3) is 4.94. The smallest absolute Gasteiger partial charge is 0.409 e. The summed E-state index contributed by atoms with van der Waals surface area (Å²) in [6.07, 6.45) is 0.589. The maximum absolute atomic E-state index is 12.4. The first-order chi connectivity index (χ1) is 16.4. The Morgan fingerprint density at radius 1 is 1.00 bits per heavy atom. The van der Waals surface area contributed by atoms with Crippen molar-refractivity contribution >= 4 is 46.3 Å². The van der Waals surface area contributed by atoms with Crippen LogP contribution >= 0.6 is 11.6 Å². The zero-order valence-electron chi connectivity index (χ0n) is 18.6. The van der Waals surface area contributed by atoms with Crippen LogP contribution in [-0.4, -0.2) is 50.2 Å². The summed E-state index contributed by atoms with van der Waals surface area (Å²) in [4.78, 5) is 37.1. The van der Waals surface area contributed by atoms with Crippen molar-refractivity contribution in [3.05, 3.63) is 59.8 Å². The van der Waals surface area contributed by atoms with Gasteiger partial charge < -0.3 is 20.3 Å². The van der Waals surface area contributed by atoms with Gasteiger partial charge >= 0.3 is 12.1 Å². The van der Waals surface area contributed by atoms with Crippen LogP contribution in [0.4, 0.5) is 21.0 Å². The molecule has 0 aliphatic heterocycles. The molecule has 0 aliphatic rings. The number of halogens is 1. The number of carbonyl (C=O) groups is 2. The molecule has 0 fully saturated rings. The Morgan fingerprint density at radius 3 is 2.38 bits per heavy atom. The summed E-state index contributed by atoms with van der Waals surface area (Å²) in [5.41, 5.74) is 4.70. The van der Waals surface area contributed by atoms with Gasteiger partial charge in [-0.15, -0.1) is 0 Å². The fourth-order valence-electron chi connectivity index (χ4n) is 3.55. The second kappa shape index (κ2) is 9.80. The van der Waals surface area contributed by atoms with E-state index in [2.05, 4.69) is 25.6 Å². The summed E-state index contributed by atoms with van der Waals surface area (Å²) in [6.45, 7) is 5.07. The maximum atomic E-state index is 12.4. The van der Waals surface area contributed by atoms with Gasteiger partial charge in [-0.05, 0) is 55.8 Å². The predicted molar refractivity (Wildman–Crippen MR) is 133 cm³/mol. The van der Waals surface area contributed by atoms with Gasteiger partial charge in [0.25, 0.3) is 0 Å². The molecule has 0 aliphatic carbocycles. The molecule has 0 radical (unpaired) electrons. The topological polar surface area (TPSA) is 123 Å². The van der Waals surface area contributed by atoms with E-state index in [0.717, 1.165) is 11.1 Å². The van der Waals surface area contributed by atoms with E-state index in [1.807, 2.05) is 32.0 Å². The van der Waals surface area contributed by atoms with Crippen LogP contribution in [0.2, 0.25) is 5.02 Å². The maximum Gasteiger partial charge on any atom is 0.409 e. The molecular weight excluding hydrogens is 456 g/mol. The van der Waals surface area contributed by atoms with Gasteiger partial charge in [0.1, 0.15) is 5.82 Å². The van der Waals surface area contributed by atoms with E-state index in [-0.39, 0.29) is 6.03 Å². The summed E-state index contributed by atoms with van der Waals surface area (Å²) in [5.74, 6) is 0.532. The van der Waals surface area contributed by atoms with Gasteiger partial charge in [-0.2, -0.15) is 0 Å². The van der Waals surface area contributed by atoms with E-state index in [1.165, 1.54) is 0 Å². The van der Waals surface area contributed by atoms with Crippen molar-refractivity contribution in [3.8, 4) is 22.5 Å². The van der Waals surface area contributed by atoms with Crippen LogP contribution in [0.15, 0.2) is 54.7 Å². The number of rotatable bonds is 6. The lowest BCUT2D eigenvalue weighted by molar-refractivity contribution is 0.209. The van der Waals surface area contributed by atoms with Crippen molar-refractivity contribution in [2.24, 2.45) is 0 Å². The van der Waals surface area contributed by atoms with Gasteiger partial charge in [0, 0.05) is 41.8 Å². The Balaban J connectivity index is 1.62. The second-order valence-electron chi connectivity index (χ2n) is 7.49. The van der Waals surface area contributed by atoms with Crippen LogP contribution < -0.4 is 10.6 Å². The highest BCUT2D eigenvalue weighted by atomic mass is 35.5. The quantitative estimate of drug-likeness (QED) is 0.274. The van der Waals surface area contributed by atoms with E-state index in [9.17, 15) is 9.59 Å².